The highest BCUT2D eigenvalue weighted by molar-refractivity contribution is 5.83. The molecule has 0 aromatic rings. The molecular weight excluding hydrogens is 206 g/mol. The van der Waals surface area contributed by atoms with Gasteiger partial charge in [0.25, 0.3) is 0 Å². The Morgan fingerprint density at radius 3 is 2.62 bits per heavy atom. The highest BCUT2D eigenvalue weighted by atomic mass is 16.4. The van der Waals surface area contributed by atoms with Gasteiger partial charge in [-0.1, -0.05) is 12.5 Å². The summed E-state index contributed by atoms with van der Waals surface area (Å²) in [7, 11) is 0. The van der Waals surface area contributed by atoms with Crippen molar-refractivity contribution in [2.75, 3.05) is 0 Å². The number of nitrogens with one attached hydrogen (secondary N) is 1. The normalized spacial score (nSPS) is 17.2. The minimum absolute atomic E-state index is 0.138. The fourth-order valence-corrected chi connectivity index (χ4v) is 1.75. The van der Waals surface area contributed by atoms with Crippen LogP contribution in [0.1, 0.15) is 38.5 Å². The Morgan fingerprint density at radius 1 is 1.50 bits per heavy atom. The van der Waals surface area contributed by atoms with Gasteiger partial charge in [0.15, 0.2) is 0 Å². The molecule has 1 rings (SSSR count). The number of carbonyl (C=O) groups excluding carboxylic acids is 1. The quantitative estimate of drug-likeness (QED) is 0.648. The average Bonchev–Trinajstić information content (AvgIpc) is 2.18. The van der Waals surface area contributed by atoms with Crippen molar-refractivity contribution in [1.29, 1.82) is 0 Å². The van der Waals surface area contributed by atoms with E-state index in [0.717, 1.165) is 12.8 Å². The number of amides is 1. The maximum Gasteiger partial charge on any atom is 0.326 e. The van der Waals surface area contributed by atoms with E-state index in [-0.39, 0.29) is 5.91 Å². The smallest absolute Gasteiger partial charge is 0.326 e. The van der Waals surface area contributed by atoms with E-state index in [0.29, 0.717) is 25.2 Å². The predicted molar refractivity (Wildman–Crippen MR) is 61.0 cm³/mol. The van der Waals surface area contributed by atoms with Gasteiger partial charge in [-0.3, -0.25) is 4.79 Å². The van der Waals surface area contributed by atoms with Gasteiger partial charge in [-0.2, -0.15) is 0 Å². The summed E-state index contributed by atoms with van der Waals surface area (Å²) in [6, 6.07) is -0.773. The van der Waals surface area contributed by atoms with E-state index in [1.54, 1.807) is 6.08 Å². The van der Waals surface area contributed by atoms with Gasteiger partial charge in [-0.05, 0) is 31.6 Å². The van der Waals surface area contributed by atoms with Crippen molar-refractivity contribution >= 4 is 11.9 Å². The molecule has 0 aromatic heterocycles. The lowest BCUT2D eigenvalue weighted by Crippen LogP contribution is -2.41. The molecule has 2 N–H and O–H groups in total. The Morgan fingerprint density at radius 2 is 2.19 bits per heavy atom. The van der Waals surface area contributed by atoms with Crippen LogP contribution < -0.4 is 5.32 Å². The van der Waals surface area contributed by atoms with E-state index in [1.807, 2.05) is 0 Å². The van der Waals surface area contributed by atoms with Crippen LogP contribution in [0.3, 0.4) is 0 Å². The molecule has 0 spiro atoms. The maximum atomic E-state index is 11.5. The lowest BCUT2D eigenvalue weighted by atomic mass is 9.83. The monoisotopic (exact) mass is 225 g/mol. The average molecular weight is 225 g/mol. The summed E-state index contributed by atoms with van der Waals surface area (Å²) in [5.74, 6) is -0.640. The van der Waals surface area contributed by atoms with E-state index < -0.39 is 12.0 Å². The molecule has 0 bridgehead atoms. The van der Waals surface area contributed by atoms with E-state index >= 15 is 0 Å². The van der Waals surface area contributed by atoms with Gasteiger partial charge in [0.05, 0.1) is 0 Å². The van der Waals surface area contributed by atoms with Crippen molar-refractivity contribution in [1.82, 2.24) is 5.32 Å². The summed E-state index contributed by atoms with van der Waals surface area (Å²) in [6.07, 6.45) is 6.52. The number of aliphatic carboxylic acids is 1. The molecule has 90 valence electrons. The number of hydrogen-bond donors (Lipinski definition) is 2. The third-order valence-electron chi connectivity index (χ3n) is 2.99. The van der Waals surface area contributed by atoms with E-state index in [1.165, 1.54) is 6.42 Å². The first-order chi connectivity index (χ1) is 7.63. The molecule has 1 aliphatic carbocycles. The van der Waals surface area contributed by atoms with Crippen molar-refractivity contribution in [3.63, 3.8) is 0 Å². The van der Waals surface area contributed by atoms with Gasteiger partial charge in [0.2, 0.25) is 5.91 Å². The molecule has 1 saturated carbocycles. The molecule has 0 aliphatic heterocycles. The molecule has 16 heavy (non-hydrogen) atoms. The van der Waals surface area contributed by atoms with Crippen molar-refractivity contribution in [3.05, 3.63) is 12.7 Å². The minimum atomic E-state index is -0.969. The Kier molecular flexibility index (Phi) is 5.02. The fourth-order valence-electron chi connectivity index (χ4n) is 1.75. The van der Waals surface area contributed by atoms with Crippen LogP contribution in [-0.4, -0.2) is 23.0 Å². The van der Waals surface area contributed by atoms with Crippen LogP contribution in [0.15, 0.2) is 12.7 Å². The van der Waals surface area contributed by atoms with Crippen molar-refractivity contribution < 1.29 is 14.7 Å². The highest BCUT2D eigenvalue weighted by Gasteiger charge is 2.24. The van der Waals surface area contributed by atoms with Crippen LogP contribution in [0.25, 0.3) is 0 Å². The highest BCUT2D eigenvalue weighted by Crippen LogP contribution is 2.29. The summed E-state index contributed by atoms with van der Waals surface area (Å²) >= 11 is 0. The van der Waals surface area contributed by atoms with Crippen LogP contribution >= 0.6 is 0 Å². The molecule has 1 unspecified atom stereocenters. The molecule has 4 heteroatoms. The lowest BCUT2D eigenvalue weighted by Gasteiger charge is -2.25. The van der Waals surface area contributed by atoms with Gasteiger partial charge in [-0.15, -0.1) is 6.58 Å². The Labute approximate surface area is 95.7 Å². The second kappa shape index (κ2) is 6.30. The molecule has 1 amide bonds. The third-order valence-corrected chi connectivity index (χ3v) is 2.99. The zero-order valence-corrected chi connectivity index (χ0v) is 9.45. The maximum absolute atomic E-state index is 11.5. The SMILES string of the molecule is C=CCCC(NC(=O)CC1CCC1)C(=O)O. The van der Waals surface area contributed by atoms with Crippen LogP contribution in [0.5, 0.6) is 0 Å². The van der Waals surface area contributed by atoms with E-state index in [2.05, 4.69) is 11.9 Å². The van der Waals surface area contributed by atoms with Gasteiger partial charge in [0, 0.05) is 6.42 Å². The first kappa shape index (κ1) is 12.7. The standard InChI is InChI=1S/C12H19NO3/c1-2-3-7-10(12(15)16)13-11(14)8-9-5-4-6-9/h2,9-10H,1,3-8H2,(H,13,14)(H,15,16). The molecule has 1 fully saturated rings. The molecule has 1 aliphatic rings. The second-order valence-electron chi connectivity index (χ2n) is 4.33. The summed E-state index contributed by atoms with van der Waals surface area (Å²) in [5.41, 5.74) is 0. The van der Waals surface area contributed by atoms with Gasteiger partial charge >= 0.3 is 5.97 Å². The molecule has 0 heterocycles. The van der Waals surface area contributed by atoms with Crippen molar-refractivity contribution in [2.24, 2.45) is 5.92 Å². The first-order valence-electron chi connectivity index (χ1n) is 5.76. The lowest BCUT2D eigenvalue weighted by molar-refractivity contribution is -0.142. The van der Waals surface area contributed by atoms with Crippen LogP contribution in [0.4, 0.5) is 0 Å². The number of carboxylic acid groups (broad SMARTS) is 1. The second-order valence-corrected chi connectivity index (χ2v) is 4.33. The van der Waals surface area contributed by atoms with Crippen LogP contribution in [0, 0.1) is 5.92 Å². The van der Waals surface area contributed by atoms with E-state index in [4.69, 9.17) is 5.11 Å². The zero-order chi connectivity index (χ0) is 12.0. The molecule has 0 aromatic carbocycles. The topological polar surface area (TPSA) is 66.4 Å². The fraction of sp³-hybridized carbons (Fsp3) is 0.667. The Balaban J connectivity index is 2.31. The molecular formula is C12H19NO3. The Hall–Kier alpha value is -1.32. The molecule has 1 atom stereocenters. The number of carbonyl (C=O) groups is 2. The van der Waals surface area contributed by atoms with Gasteiger partial charge < -0.3 is 10.4 Å². The first-order valence-corrected chi connectivity index (χ1v) is 5.76. The number of rotatable bonds is 7. The van der Waals surface area contributed by atoms with Crippen LogP contribution in [0.2, 0.25) is 0 Å². The van der Waals surface area contributed by atoms with E-state index in [9.17, 15) is 9.59 Å². The largest absolute Gasteiger partial charge is 0.480 e. The van der Waals surface area contributed by atoms with Gasteiger partial charge in [0.1, 0.15) is 6.04 Å². The molecule has 0 radical (unpaired) electrons. The zero-order valence-electron chi connectivity index (χ0n) is 9.45. The Bertz CT molecular complexity index is 271. The summed E-state index contributed by atoms with van der Waals surface area (Å²) < 4.78 is 0. The summed E-state index contributed by atoms with van der Waals surface area (Å²) in [6.45, 7) is 3.54. The summed E-state index contributed by atoms with van der Waals surface area (Å²) in [5, 5.41) is 11.5. The minimum Gasteiger partial charge on any atom is -0.480 e. The number of allylic oxidation sites excluding steroid dienone is 1. The van der Waals surface area contributed by atoms with Crippen molar-refractivity contribution in [3.8, 4) is 0 Å². The summed E-state index contributed by atoms with van der Waals surface area (Å²) in [4.78, 5) is 22.4. The predicted octanol–water partition coefficient (Wildman–Crippen LogP) is 1.71. The molecule has 0 saturated heterocycles. The number of carboxylic acids is 1. The van der Waals surface area contributed by atoms with Crippen molar-refractivity contribution in [2.45, 2.75) is 44.6 Å². The number of hydrogen-bond acceptors (Lipinski definition) is 2. The third kappa shape index (κ3) is 4.04. The van der Waals surface area contributed by atoms with Gasteiger partial charge in [-0.25, -0.2) is 4.79 Å². The van der Waals surface area contributed by atoms with Crippen LogP contribution in [-0.2, 0) is 9.59 Å². The molecule has 4 nitrogen and oxygen atoms in total.